The lowest BCUT2D eigenvalue weighted by Crippen LogP contribution is -2.29. The molecule has 7 heteroatoms. The van der Waals surface area contributed by atoms with Crippen LogP contribution in [-0.4, -0.2) is 42.0 Å². The first kappa shape index (κ1) is 21.7. The number of hydrogen-bond acceptors (Lipinski definition) is 6. The first-order valence-electron chi connectivity index (χ1n) is 11.3. The summed E-state index contributed by atoms with van der Waals surface area (Å²) in [5.41, 5.74) is 3.66. The van der Waals surface area contributed by atoms with Crippen LogP contribution in [0.4, 0.5) is 11.4 Å². The minimum atomic E-state index is -0.800. The number of anilines is 2. The number of aromatic nitrogens is 1. The summed E-state index contributed by atoms with van der Waals surface area (Å²) in [6.45, 7) is 3.35. The van der Waals surface area contributed by atoms with Crippen molar-refractivity contribution in [2.45, 2.75) is 19.4 Å². The summed E-state index contributed by atoms with van der Waals surface area (Å²) < 4.78 is 5.70. The first-order valence-corrected chi connectivity index (χ1v) is 11.3. The Bertz CT molecular complexity index is 1280. The molecule has 3 heterocycles. The molecule has 0 spiro atoms. The third-order valence-electron chi connectivity index (χ3n) is 6.40. The largest absolute Gasteiger partial charge is 0.507 e. The Hall–Kier alpha value is -4.13. The molecular weight excluding hydrogens is 430 g/mol. The van der Waals surface area contributed by atoms with Crippen molar-refractivity contribution in [1.82, 2.24) is 4.98 Å². The second-order valence-electron chi connectivity index (χ2n) is 8.43. The summed E-state index contributed by atoms with van der Waals surface area (Å²) in [5.74, 6) is -0.918. The van der Waals surface area contributed by atoms with Gasteiger partial charge in [-0.15, -0.1) is 0 Å². The van der Waals surface area contributed by atoms with Crippen LogP contribution in [0, 0.1) is 0 Å². The molecule has 1 saturated heterocycles. The molecule has 0 bridgehead atoms. The fourth-order valence-electron chi connectivity index (χ4n) is 4.50. The van der Waals surface area contributed by atoms with E-state index in [1.54, 1.807) is 42.7 Å². The quantitative estimate of drug-likeness (QED) is 0.362. The number of aliphatic hydroxyl groups is 1. The van der Waals surface area contributed by atoms with Crippen molar-refractivity contribution in [2.24, 2.45) is 0 Å². The number of Topliss-reactive ketones (excluding diaryl/α,β-unsaturated/α-hetero) is 1. The van der Waals surface area contributed by atoms with E-state index in [9.17, 15) is 14.7 Å². The van der Waals surface area contributed by atoms with E-state index in [1.807, 2.05) is 36.2 Å². The summed E-state index contributed by atoms with van der Waals surface area (Å²) in [4.78, 5) is 34.2. The zero-order valence-electron chi connectivity index (χ0n) is 19.1. The lowest BCUT2D eigenvalue weighted by atomic mass is 9.95. The summed E-state index contributed by atoms with van der Waals surface area (Å²) in [7, 11) is 1.94. The second-order valence-corrected chi connectivity index (χ2v) is 8.43. The second kappa shape index (κ2) is 8.67. The monoisotopic (exact) mass is 455 g/mol. The maximum Gasteiger partial charge on any atom is 0.300 e. The molecule has 34 heavy (non-hydrogen) atoms. The number of rotatable bonds is 4. The summed E-state index contributed by atoms with van der Waals surface area (Å²) in [6, 6.07) is 15.6. The zero-order valence-corrected chi connectivity index (χ0v) is 19.1. The highest BCUT2D eigenvalue weighted by molar-refractivity contribution is 6.51. The molecule has 2 aromatic carbocycles. The van der Waals surface area contributed by atoms with E-state index in [1.165, 1.54) is 4.90 Å². The number of carbonyl (C=O) groups is 2. The average Bonchev–Trinajstić information content (AvgIpc) is 3.14. The van der Waals surface area contributed by atoms with E-state index in [0.717, 1.165) is 17.7 Å². The highest BCUT2D eigenvalue weighted by Gasteiger charge is 2.47. The van der Waals surface area contributed by atoms with Crippen molar-refractivity contribution in [1.29, 1.82) is 0 Å². The van der Waals surface area contributed by atoms with Gasteiger partial charge >= 0.3 is 0 Å². The van der Waals surface area contributed by atoms with Crippen molar-refractivity contribution in [2.75, 3.05) is 30.0 Å². The van der Waals surface area contributed by atoms with Crippen molar-refractivity contribution < 1.29 is 19.4 Å². The van der Waals surface area contributed by atoms with Gasteiger partial charge in [-0.05, 0) is 53.9 Å². The van der Waals surface area contributed by atoms with Crippen LogP contribution in [0.15, 0.2) is 72.6 Å². The van der Waals surface area contributed by atoms with Crippen molar-refractivity contribution in [3.63, 3.8) is 0 Å². The number of carbonyl (C=O) groups excluding carboxylic acids is 2. The van der Waals surface area contributed by atoms with E-state index < -0.39 is 17.7 Å². The minimum Gasteiger partial charge on any atom is -0.507 e. The predicted octanol–water partition coefficient (Wildman–Crippen LogP) is 4.10. The average molecular weight is 456 g/mol. The Balaban J connectivity index is 1.67. The van der Waals surface area contributed by atoms with Gasteiger partial charge < -0.3 is 14.7 Å². The first-order chi connectivity index (χ1) is 16.5. The van der Waals surface area contributed by atoms with Crippen molar-refractivity contribution in [3.05, 3.63) is 89.3 Å². The number of amides is 1. The van der Waals surface area contributed by atoms with Gasteiger partial charge in [0.25, 0.3) is 11.7 Å². The van der Waals surface area contributed by atoms with Crippen LogP contribution < -0.4 is 14.5 Å². The maximum atomic E-state index is 13.3. The summed E-state index contributed by atoms with van der Waals surface area (Å²) in [5, 5.41) is 11.4. The highest BCUT2D eigenvalue weighted by Crippen LogP contribution is 2.43. The van der Waals surface area contributed by atoms with Crippen LogP contribution >= 0.6 is 0 Å². The van der Waals surface area contributed by atoms with Crippen LogP contribution in [0.25, 0.3) is 5.76 Å². The molecule has 0 aliphatic carbocycles. The number of hydrogen-bond donors (Lipinski definition) is 1. The molecule has 172 valence electrons. The fraction of sp³-hybridized carbons (Fsp3) is 0.222. The Morgan fingerprint density at radius 1 is 1.15 bits per heavy atom. The SMILES string of the molecule is CCc1ccc(N2C(=O)C(=O)/C(=C(\O)c3ccc4c(c3)N(C)CCO4)C2c2cccnc2)cc1. The number of aryl methyl sites for hydroxylation is 1. The van der Waals surface area contributed by atoms with E-state index in [-0.39, 0.29) is 11.3 Å². The molecule has 5 rings (SSSR count). The number of likely N-dealkylation sites (N-methyl/N-ethyl adjacent to an activating group) is 1. The van der Waals surface area contributed by atoms with Gasteiger partial charge in [0, 0.05) is 30.7 Å². The lowest BCUT2D eigenvalue weighted by molar-refractivity contribution is -0.132. The smallest absolute Gasteiger partial charge is 0.300 e. The molecule has 1 aromatic heterocycles. The normalized spacial score (nSPS) is 19.2. The number of aliphatic hydroxyl groups excluding tert-OH is 1. The van der Waals surface area contributed by atoms with Crippen molar-refractivity contribution in [3.8, 4) is 5.75 Å². The number of pyridine rings is 1. The Kier molecular flexibility index (Phi) is 5.53. The number of fused-ring (bicyclic) bond motifs is 1. The predicted molar refractivity (Wildman–Crippen MR) is 130 cm³/mol. The van der Waals surface area contributed by atoms with Gasteiger partial charge in [-0.25, -0.2) is 0 Å². The number of benzene rings is 2. The Labute approximate surface area is 197 Å². The zero-order chi connectivity index (χ0) is 23.8. The molecule has 1 fully saturated rings. The van der Waals surface area contributed by atoms with Crippen LogP contribution in [0.3, 0.4) is 0 Å². The van der Waals surface area contributed by atoms with Crippen LogP contribution in [0.2, 0.25) is 0 Å². The molecule has 1 unspecified atom stereocenters. The third-order valence-corrected chi connectivity index (χ3v) is 6.40. The summed E-state index contributed by atoms with van der Waals surface area (Å²) in [6.07, 6.45) is 4.11. The van der Waals surface area contributed by atoms with Gasteiger partial charge in [0.15, 0.2) is 0 Å². The molecule has 2 aliphatic heterocycles. The molecule has 7 nitrogen and oxygen atoms in total. The van der Waals surface area contributed by atoms with E-state index in [0.29, 0.717) is 35.7 Å². The molecule has 1 atom stereocenters. The van der Waals surface area contributed by atoms with Gasteiger partial charge in [0.2, 0.25) is 0 Å². The Morgan fingerprint density at radius 2 is 1.94 bits per heavy atom. The number of nitrogens with zero attached hydrogens (tertiary/aromatic N) is 3. The van der Waals surface area contributed by atoms with E-state index in [2.05, 4.69) is 11.9 Å². The Morgan fingerprint density at radius 3 is 2.65 bits per heavy atom. The van der Waals surface area contributed by atoms with Crippen LogP contribution in [0.5, 0.6) is 5.75 Å². The number of ketones is 1. The maximum absolute atomic E-state index is 13.3. The van der Waals surface area contributed by atoms with Gasteiger partial charge in [0.05, 0.1) is 23.8 Å². The van der Waals surface area contributed by atoms with Crippen LogP contribution in [0.1, 0.15) is 29.7 Å². The van der Waals surface area contributed by atoms with Crippen LogP contribution in [-0.2, 0) is 16.0 Å². The molecule has 3 aromatic rings. The van der Waals surface area contributed by atoms with Gasteiger partial charge in [0.1, 0.15) is 18.1 Å². The number of ether oxygens (including phenoxy) is 1. The molecule has 0 radical (unpaired) electrons. The molecule has 0 saturated carbocycles. The minimum absolute atomic E-state index is 0.0388. The van der Waals surface area contributed by atoms with E-state index in [4.69, 9.17) is 4.74 Å². The molecule has 2 aliphatic rings. The topological polar surface area (TPSA) is 83.0 Å². The molecule has 1 amide bonds. The lowest BCUT2D eigenvalue weighted by Gasteiger charge is -2.28. The van der Waals surface area contributed by atoms with Gasteiger partial charge in [-0.2, -0.15) is 0 Å². The highest BCUT2D eigenvalue weighted by atomic mass is 16.5. The molecule has 1 N–H and O–H groups in total. The van der Waals surface area contributed by atoms with Gasteiger partial charge in [-0.3, -0.25) is 19.5 Å². The van der Waals surface area contributed by atoms with Gasteiger partial charge in [-0.1, -0.05) is 25.1 Å². The molecular formula is C27H25N3O4. The third kappa shape index (κ3) is 3.59. The van der Waals surface area contributed by atoms with Crippen molar-refractivity contribution >= 4 is 28.8 Å². The standard InChI is InChI=1S/C27H25N3O4/c1-3-17-6-9-20(10-7-17)30-24(19-5-4-12-28-16-19)23(26(32)27(30)33)25(31)18-8-11-22-21(15-18)29(2)13-14-34-22/h4-12,15-16,24,31H,3,13-14H2,1-2H3/b25-23-. The summed E-state index contributed by atoms with van der Waals surface area (Å²) >= 11 is 0. The van der Waals surface area contributed by atoms with E-state index >= 15 is 0 Å². The fourth-order valence-corrected chi connectivity index (χ4v) is 4.50.